The molecule has 1 aromatic rings. The van der Waals surface area contributed by atoms with E-state index in [9.17, 15) is 0 Å². The molecule has 0 aliphatic heterocycles. The van der Waals surface area contributed by atoms with Crippen LogP contribution in [0.3, 0.4) is 0 Å². The van der Waals surface area contributed by atoms with Crippen molar-refractivity contribution in [2.45, 2.75) is 25.9 Å². The summed E-state index contributed by atoms with van der Waals surface area (Å²) in [5.74, 6) is 2.03. The maximum absolute atomic E-state index is 5.99. The van der Waals surface area contributed by atoms with E-state index < -0.39 is 0 Å². The van der Waals surface area contributed by atoms with E-state index >= 15 is 0 Å². The van der Waals surface area contributed by atoms with Gasteiger partial charge in [-0.15, -0.1) is 0 Å². The Hall–Kier alpha value is -0.860. The molecule has 0 saturated heterocycles. The Morgan fingerprint density at radius 1 is 1.22 bits per heavy atom. The van der Waals surface area contributed by atoms with Gasteiger partial charge in [0.2, 0.25) is 0 Å². The molecule has 0 amide bonds. The number of benzene rings is 1. The highest BCUT2D eigenvalue weighted by atomic mass is 16.5. The van der Waals surface area contributed by atoms with Crippen LogP contribution in [0, 0.1) is 17.3 Å². The van der Waals surface area contributed by atoms with Crippen molar-refractivity contribution in [3.63, 3.8) is 0 Å². The molecule has 98 valence electrons. The van der Waals surface area contributed by atoms with E-state index in [4.69, 9.17) is 4.74 Å². The van der Waals surface area contributed by atoms with Crippen LogP contribution < -0.4 is 5.32 Å². The van der Waals surface area contributed by atoms with Crippen LogP contribution in [0.15, 0.2) is 30.3 Å². The lowest BCUT2D eigenvalue weighted by Crippen LogP contribution is -2.35. The fourth-order valence-electron chi connectivity index (χ4n) is 3.65. The van der Waals surface area contributed by atoms with E-state index in [2.05, 4.69) is 42.7 Å². The summed E-state index contributed by atoms with van der Waals surface area (Å²) < 4.78 is 5.99. The zero-order valence-electron chi connectivity index (χ0n) is 11.2. The minimum absolute atomic E-state index is 0.414. The Balaban J connectivity index is 1.51. The molecule has 2 nitrogen and oxygen atoms in total. The summed E-state index contributed by atoms with van der Waals surface area (Å²) in [6.07, 6.45) is 4.21. The van der Waals surface area contributed by atoms with Crippen LogP contribution in [-0.4, -0.2) is 20.2 Å². The molecule has 2 unspecified atom stereocenters. The number of fused-ring (bicyclic) bond motifs is 1. The molecule has 18 heavy (non-hydrogen) atoms. The molecule has 0 spiro atoms. The molecule has 2 aliphatic rings. The monoisotopic (exact) mass is 245 g/mol. The fraction of sp³-hybridized carbons (Fsp3) is 0.625. The Kier molecular flexibility index (Phi) is 3.40. The molecule has 0 heterocycles. The van der Waals surface area contributed by atoms with E-state index in [1.165, 1.54) is 24.8 Å². The smallest absolute Gasteiger partial charge is 0.0717 e. The molecule has 1 aromatic carbocycles. The van der Waals surface area contributed by atoms with Gasteiger partial charge in [-0.25, -0.2) is 0 Å². The maximum atomic E-state index is 5.99. The highest BCUT2D eigenvalue weighted by Gasteiger charge is 2.53. The molecule has 2 saturated carbocycles. The standard InChI is InChI=1S/C16H23NO/c1-17-11-16(8-14-7-15(14)9-16)12-18-10-13-5-3-2-4-6-13/h2-6,14-15,17H,7-12H2,1H3. The first kappa shape index (κ1) is 12.2. The normalized spacial score (nSPS) is 33.4. The Bertz CT molecular complexity index is 379. The van der Waals surface area contributed by atoms with Gasteiger partial charge in [-0.05, 0) is 43.7 Å². The van der Waals surface area contributed by atoms with E-state index in [1.54, 1.807) is 0 Å². The second kappa shape index (κ2) is 5.02. The summed E-state index contributed by atoms with van der Waals surface area (Å²) in [5, 5.41) is 3.36. The molecule has 0 aromatic heterocycles. The molecule has 2 heteroatoms. The summed E-state index contributed by atoms with van der Waals surface area (Å²) in [7, 11) is 2.06. The predicted octanol–water partition coefficient (Wildman–Crippen LogP) is 2.84. The lowest BCUT2D eigenvalue weighted by molar-refractivity contribution is 0.0304. The van der Waals surface area contributed by atoms with Gasteiger partial charge in [0, 0.05) is 12.0 Å². The molecule has 0 radical (unpaired) electrons. The second-order valence-electron chi connectivity index (χ2n) is 6.17. The van der Waals surface area contributed by atoms with E-state index in [0.29, 0.717) is 5.41 Å². The largest absolute Gasteiger partial charge is 0.376 e. The minimum Gasteiger partial charge on any atom is -0.376 e. The first-order valence-corrected chi connectivity index (χ1v) is 7.08. The summed E-state index contributed by atoms with van der Waals surface area (Å²) >= 11 is 0. The lowest BCUT2D eigenvalue weighted by Gasteiger charge is -2.30. The van der Waals surface area contributed by atoms with Gasteiger partial charge in [0.1, 0.15) is 0 Å². The number of nitrogens with one attached hydrogen (secondary N) is 1. The first-order chi connectivity index (χ1) is 8.81. The van der Waals surface area contributed by atoms with Crippen LogP contribution in [0.4, 0.5) is 0 Å². The van der Waals surface area contributed by atoms with Gasteiger partial charge in [0.25, 0.3) is 0 Å². The molecule has 3 rings (SSSR count). The van der Waals surface area contributed by atoms with Gasteiger partial charge in [-0.2, -0.15) is 0 Å². The maximum Gasteiger partial charge on any atom is 0.0717 e. The number of ether oxygens (including phenoxy) is 1. The van der Waals surface area contributed by atoms with Crippen LogP contribution in [0.25, 0.3) is 0 Å². The van der Waals surface area contributed by atoms with Crippen LogP contribution in [0.5, 0.6) is 0 Å². The van der Waals surface area contributed by atoms with Crippen LogP contribution in [0.1, 0.15) is 24.8 Å². The first-order valence-electron chi connectivity index (χ1n) is 7.08. The second-order valence-corrected chi connectivity index (χ2v) is 6.17. The quantitative estimate of drug-likeness (QED) is 0.832. The molecular formula is C16H23NO. The number of hydrogen-bond donors (Lipinski definition) is 1. The Morgan fingerprint density at radius 3 is 2.61 bits per heavy atom. The minimum atomic E-state index is 0.414. The van der Waals surface area contributed by atoms with E-state index in [0.717, 1.165) is 31.6 Å². The summed E-state index contributed by atoms with van der Waals surface area (Å²) in [5.41, 5.74) is 1.69. The van der Waals surface area contributed by atoms with Crippen molar-refractivity contribution in [3.8, 4) is 0 Å². The van der Waals surface area contributed by atoms with Crippen LogP contribution in [0.2, 0.25) is 0 Å². The molecule has 0 bridgehead atoms. The third-order valence-electron chi connectivity index (χ3n) is 4.53. The molecule has 2 fully saturated rings. The average Bonchev–Trinajstić information content (AvgIpc) is 2.99. The molecule has 2 aliphatic carbocycles. The molecular weight excluding hydrogens is 222 g/mol. The fourth-order valence-corrected chi connectivity index (χ4v) is 3.65. The van der Waals surface area contributed by atoms with Crippen LogP contribution in [-0.2, 0) is 11.3 Å². The van der Waals surface area contributed by atoms with Gasteiger partial charge in [0.05, 0.1) is 13.2 Å². The van der Waals surface area contributed by atoms with E-state index in [1.807, 2.05) is 0 Å². The molecule has 1 N–H and O–H groups in total. The molecule has 2 atom stereocenters. The van der Waals surface area contributed by atoms with Crippen molar-refractivity contribution in [2.24, 2.45) is 17.3 Å². The van der Waals surface area contributed by atoms with Gasteiger partial charge >= 0.3 is 0 Å². The summed E-state index contributed by atoms with van der Waals surface area (Å²) in [4.78, 5) is 0. The van der Waals surface area contributed by atoms with Crippen molar-refractivity contribution in [2.75, 3.05) is 20.2 Å². The Morgan fingerprint density at radius 2 is 1.94 bits per heavy atom. The third kappa shape index (κ3) is 2.60. The van der Waals surface area contributed by atoms with Crippen molar-refractivity contribution < 1.29 is 4.74 Å². The highest BCUT2D eigenvalue weighted by molar-refractivity contribution is 5.13. The van der Waals surface area contributed by atoms with Crippen LogP contribution >= 0.6 is 0 Å². The lowest BCUT2D eigenvalue weighted by atomic mass is 9.83. The van der Waals surface area contributed by atoms with Gasteiger partial charge in [-0.1, -0.05) is 30.3 Å². The van der Waals surface area contributed by atoms with E-state index in [-0.39, 0.29) is 0 Å². The number of hydrogen-bond acceptors (Lipinski definition) is 2. The zero-order chi connectivity index (χ0) is 12.4. The van der Waals surface area contributed by atoms with Gasteiger partial charge in [-0.3, -0.25) is 0 Å². The van der Waals surface area contributed by atoms with Gasteiger partial charge < -0.3 is 10.1 Å². The van der Waals surface area contributed by atoms with Gasteiger partial charge in [0.15, 0.2) is 0 Å². The predicted molar refractivity (Wildman–Crippen MR) is 73.3 cm³/mol. The van der Waals surface area contributed by atoms with Crippen molar-refractivity contribution in [3.05, 3.63) is 35.9 Å². The third-order valence-corrected chi connectivity index (χ3v) is 4.53. The summed E-state index contributed by atoms with van der Waals surface area (Å²) in [6, 6.07) is 10.5. The zero-order valence-corrected chi connectivity index (χ0v) is 11.2. The number of rotatable bonds is 6. The average molecular weight is 245 g/mol. The van der Waals surface area contributed by atoms with Crippen molar-refractivity contribution >= 4 is 0 Å². The van der Waals surface area contributed by atoms with Crippen molar-refractivity contribution in [1.29, 1.82) is 0 Å². The summed E-state index contributed by atoms with van der Waals surface area (Å²) in [6.45, 7) is 2.77. The SMILES string of the molecule is CNCC1(COCc2ccccc2)CC2CC2C1. The topological polar surface area (TPSA) is 21.3 Å². The highest BCUT2D eigenvalue weighted by Crippen LogP contribution is 2.59. The van der Waals surface area contributed by atoms with Crippen molar-refractivity contribution in [1.82, 2.24) is 5.32 Å². The Labute approximate surface area is 110 Å².